The molecule has 2 fully saturated rings. The summed E-state index contributed by atoms with van der Waals surface area (Å²) in [6.07, 6.45) is -5.08. The average Bonchev–Trinajstić information content (AvgIpc) is 3.37. The molecule has 11 nitrogen and oxygen atoms in total. The van der Waals surface area contributed by atoms with Crippen LogP contribution in [0.2, 0.25) is 0 Å². The number of hydrogen-bond acceptors (Lipinski definition) is 7. The summed E-state index contributed by atoms with van der Waals surface area (Å²) in [7, 11) is 2.86. The summed E-state index contributed by atoms with van der Waals surface area (Å²) >= 11 is 0. The van der Waals surface area contributed by atoms with Gasteiger partial charge in [0.1, 0.15) is 5.54 Å². The molecule has 0 unspecified atom stereocenters. The molecule has 3 N–H and O–H groups in total. The Morgan fingerprint density at radius 1 is 1.07 bits per heavy atom. The smallest absolute Gasteiger partial charge is 0.475 e. The molecule has 2 saturated heterocycles. The zero-order valence-electron chi connectivity index (χ0n) is 23.3. The van der Waals surface area contributed by atoms with Crippen LogP contribution < -0.4 is 10.6 Å². The van der Waals surface area contributed by atoms with E-state index >= 15 is 0 Å². The van der Waals surface area contributed by atoms with Gasteiger partial charge in [-0.25, -0.2) is 9.59 Å². The number of carboxylic acids is 1. The minimum atomic E-state index is -5.08. The number of rotatable bonds is 6. The van der Waals surface area contributed by atoms with Gasteiger partial charge < -0.3 is 20.1 Å². The highest BCUT2D eigenvalue weighted by atomic mass is 19.4. The van der Waals surface area contributed by atoms with E-state index in [9.17, 15) is 32.3 Å². The van der Waals surface area contributed by atoms with Crippen LogP contribution in [0.4, 0.5) is 23.7 Å². The number of urea groups is 1. The molecular formula is C28H31F3N4O7. The van der Waals surface area contributed by atoms with E-state index in [0.29, 0.717) is 5.69 Å². The Bertz CT molecular complexity index is 1340. The quantitative estimate of drug-likeness (QED) is 0.343. The minimum Gasteiger partial charge on any atom is -0.475 e. The fourth-order valence-electron chi connectivity index (χ4n) is 5.04. The van der Waals surface area contributed by atoms with E-state index in [1.54, 1.807) is 26.1 Å². The SMILES string of the molecule is COC(=O)[C@]1(C)N[C@H](CN(C)C(=O)Nc2ccc(C)cc2)[C@@H]2C(=O)N(Cc3ccccc3)C(=O)[C@@H]21.O=C(O)C(F)(F)F. The van der Waals surface area contributed by atoms with Crippen LogP contribution in [-0.2, 0) is 30.5 Å². The maximum atomic E-state index is 13.5. The van der Waals surface area contributed by atoms with Gasteiger partial charge in [-0.2, -0.15) is 13.2 Å². The lowest BCUT2D eigenvalue weighted by Gasteiger charge is -2.30. The number of nitrogens with zero attached hydrogens (tertiary/aromatic N) is 2. The molecule has 2 aliphatic heterocycles. The number of nitrogens with one attached hydrogen (secondary N) is 2. The Hall–Kier alpha value is -4.46. The lowest BCUT2D eigenvalue weighted by Crippen LogP contribution is -2.56. The number of alkyl halides is 3. The molecule has 4 rings (SSSR count). The number of aliphatic carboxylic acids is 1. The topological polar surface area (TPSA) is 145 Å². The molecule has 2 aromatic carbocycles. The van der Waals surface area contributed by atoms with Gasteiger partial charge in [0.2, 0.25) is 11.8 Å². The highest BCUT2D eigenvalue weighted by Gasteiger charge is 2.66. The van der Waals surface area contributed by atoms with E-state index in [1.807, 2.05) is 49.4 Å². The molecule has 2 heterocycles. The van der Waals surface area contributed by atoms with Gasteiger partial charge in [0.15, 0.2) is 0 Å². The molecule has 0 aromatic heterocycles. The summed E-state index contributed by atoms with van der Waals surface area (Å²) in [6.45, 7) is 3.78. The van der Waals surface area contributed by atoms with Gasteiger partial charge >= 0.3 is 24.1 Å². The van der Waals surface area contributed by atoms with E-state index in [1.165, 1.54) is 16.9 Å². The Balaban J connectivity index is 0.000000616. The number of benzene rings is 2. The highest BCUT2D eigenvalue weighted by Crippen LogP contribution is 2.44. The summed E-state index contributed by atoms with van der Waals surface area (Å²) in [5.41, 5.74) is 1.14. The number of methoxy groups -OCH3 is 1. The van der Waals surface area contributed by atoms with E-state index in [-0.39, 0.29) is 25.0 Å². The van der Waals surface area contributed by atoms with Crippen molar-refractivity contribution in [3.63, 3.8) is 0 Å². The standard InChI is InChI=1S/C26H30N4O5.C2HF3O2/c1-16-10-12-18(13-11-16)27-25(34)29(3)15-19-20-21(26(2,28-19)24(33)35-4)23(32)30(22(20)31)14-17-8-6-5-7-9-17;3-2(4,5)1(6)7/h5-13,19-21,28H,14-15H2,1-4H3,(H,27,34);(H,6,7)/t19-,20+,21-,26-;/m1./s1. The Morgan fingerprint density at radius 3 is 2.17 bits per heavy atom. The summed E-state index contributed by atoms with van der Waals surface area (Å²) in [5, 5.41) is 13.1. The number of carbonyl (C=O) groups is 5. The number of ether oxygens (including phenoxy) is 1. The molecule has 226 valence electrons. The van der Waals surface area contributed by atoms with Gasteiger partial charge in [0.05, 0.1) is 25.5 Å². The molecule has 0 spiro atoms. The minimum absolute atomic E-state index is 0.115. The number of hydrogen-bond donors (Lipinski definition) is 3. The third-order valence-electron chi connectivity index (χ3n) is 7.14. The van der Waals surface area contributed by atoms with E-state index in [4.69, 9.17) is 14.6 Å². The van der Waals surface area contributed by atoms with Gasteiger partial charge in [0.25, 0.3) is 0 Å². The van der Waals surface area contributed by atoms with Crippen LogP contribution in [0, 0.1) is 18.8 Å². The van der Waals surface area contributed by atoms with Gasteiger partial charge in [-0.1, -0.05) is 48.0 Å². The summed E-state index contributed by atoms with van der Waals surface area (Å²) in [4.78, 5) is 64.0. The van der Waals surface area contributed by atoms with Crippen LogP contribution in [0.1, 0.15) is 18.1 Å². The lowest BCUT2D eigenvalue weighted by molar-refractivity contribution is -0.192. The summed E-state index contributed by atoms with van der Waals surface area (Å²) in [6, 6.07) is 15.6. The number of aryl methyl sites for hydroxylation is 1. The first-order chi connectivity index (χ1) is 19.6. The molecule has 2 aromatic rings. The van der Waals surface area contributed by atoms with Gasteiger partial charge in [-0.05, 0) is 31.5 Å². The Kier molecular flexibility index (Phi) is 9.61. The third kappa shape index (κ3) is 6.87. The van der Waals surface area contributed by atoms with Crippen LogP contribution in [0.5, 0.6) is 0 Å². The Labute approximate surface area is 239 Å². The van der Waals surface area contributed by atoms with Crippen molar-refractivity contribution < 1.29 is 47.0 Å². The molecule has 14 heteroatoms. The van der Waals surface area contributed by atoms with Crippen molar-refractivity contribution in [2.45, 2.75) is 38.1 Å². The Morgan fingerprint density at radius 2 is 1.64 bits per heavy atom. The zero-order valence-corrected chi connectivity index (χ0v) is 23.3. The fraction of sp³-hybridized carbons (Fsp3) is 0.393. The van der Waals surface area contributed by atoms with Crippen LogP contribution in [-0.4, -0.2) is 83.1 Å². The van der Waals surface area contributed by atoms with Crippen molar-refractivity contribution in [1.82, 2.24) is 15.1 Å². The maximum absolute atomic E-state index is 13.5. The molecule has 0 bridgehead atoms. The number of anilines is 1. The molecular weight excluding hydrogens is 561 g/mol. The summed E-state index contributed by atoms with van der Waals surface area (Å²) < 4.78 is 36.7. The van der Waals surface area contributed by atoms with Gasteiger partial charge in [-0.3, -0.25) is 24.6 Å². The highest BCUT2D eigenvalue weighted by molar-refractivity contribution is 6.09. The third-order valence-corrected chi connectivity index (χ3v) is 7.14. The molecule has 4 atom stereocenters. The largest absolute Gasteiger partial charge is 0.490 e. The van der Waals surface area contributed by atoms with Crippen molar-refractivity contribution >= 4 is 35.5 Å². The fourth-order valence-corrected chi connectivity index (χ4v) is 5.04. The average molecular weight is 593 g/mol. The molecule has 2 aliphatic rings. The monoisotopic (exact) mass is 592 g/mol. The van der Waals surface area contributed by atoms with Crippen LogP contribution in [0.25, 0.3) is 0 Å². The van der Waals surface area contributed by atoms with Crippen LogP contribution in [0.15, 0.2) is 54.6 Å². The van der Waals surface area contributed by atoms with E-state index in [2.05, 4.69) is 10.6 Å². The predicted molar refractivity (Wildman–Crippen MR) is 143 cm³/mol. The molecule has 0 saturated carbocycles. The number of carboxylic acid groups (broad SMARTS) is 1. The number of halogens is 3. The number of likely N-dealkylation sites (N-methyl/N-ethyl adjacent to an activating group) is 1. The van der Waals surface area contributed by atoms with Crippen molar-refractivity contribution in [2.24, 2.45) is 11.8 Å². The van der Waals surface area contributed by atoms with Gasteiger partial charge in [0, 0.05) is 25.3 Å². The second kappa shape index (κ2) is 12.6. The van der Waals surface area contributed by atoms with Crippen molar-refractivity contribution in [3.05, 3.63) is 65.7 Å². The zero-order chi connectivity index (χ0) is 31.4. The van der Waals surface area contributed by atoms with Crippen molar-refractivity contribution in [2.75, 3.05) is 26.0 Å². The van der Waals surface area contributed by atoms with Crippen molar-refractivity contribution in [1.29, 1.82) is 0 Å². The number of amides is 4. The number of carbonyl (C=O) groups excluding carboxylic acids is 4. The molecule has 0 radical (unpaired) electrons. The lowest BCUT2D eigenvalue weighted by atomic mass is 9.81. The van der Waals surface area contributed by atoms with Crippen LogP contribution in [0.3, 0.4) is 0 Å². The molecule has 42 heavy (non-hydrogen) atoms. The van der Waals surface area contributed by atoms with Gasteiger partial charge in [-0.15, -0.1) is 0 Å². The number of fused-ring (bicyclic) bond motifs is 1. The first-order valence-corrected chi connectivity index (χ1v) is 12.7. The van der Waals surface area contributed by atoms with E-state index < -0.39 is 47.4 Å². The van der Waals surface area contributed by atoms with E-state index in [0.717, 1.165) is 11.1 Å². The predicted octanol–water partition coefficient (Wildman–Crippen LogP) is 2.80. The maximum Gasteiger partial charge on any atom is 0.490 e. The normalized spacial score (nSPS) is 23.0. The molecule has 4 amide bonds. The second-order valence-corrected chi connectivity index (χ2v) is 10.2. The number of imide groups is 1. The molecule has 0 aliphatic carbocycles. The van der Waals surface area contributed by atoms with Crippen molar-refractivity contribution in [3.8, 4) is 0 Å². The summed E-state index contributed by atoms with van der Waals surface area (Å²) in [5.74, 6) is -5.88. The first-order valence-electron chi connectivity index (χ1n) is 12.7. The second-order valence-electron chi connectivity index (χ2n) is 10.2. The number of esters is 1. The van der Waals surface area contributed by atoms with Crippen LogP contribution >= 0.6 is 0 Å². The first kappa shape index (κ1) is 32.1. The number of likely N-dealkylation sites (tertiary alicyclic amines) is 1.